The SMILES string of the molecule is Cc1cc(C)cc(Cc2nc3c(s2)C(O)CCC3)c1. The second kappa shape index (κ2) is 5.06. The summed E-state index contributed by atoms with van der Waals surface area (Å²) in [6.45, 7) is 4.26. The normalized spacial score (nSPS) is 18.4. The molecule has 0 fully saturated rings. The Morgan fingerprint density at radius 2 is 2.00 bits per heavy atom. The molecule has 1 unspecified atom stereocenters. The molecule has 1 aromatic heterocycles. The van der Waals surface area contributed by atoms with Crippen molar-refractivity contribution in [1.29, 1.82) is 0 Å². The average Bonchev–Trinajstić information content (AvgIpc) is 2.71. The summed E-state index contributed by atoms with van der Waals surface area (Å²) in [5.74, 6) is 0. The van der Waals surface area contributed by atoms with Gasteiger partial charge in [-0.1, -0.05) is 29.3 Å². The third-order valence-corrected chi connectivity index (χ3v) is 4.80. The lowest BCUT2D eigenvalue weighted by Crippen LogP contribution is -2.06. The first-order valence-corrected chi connectivity index (χ1v) is 7.67. The summed E-state index contributed by atoms with van der Waals surface area (Å²) >= 11 is 1.69. The molecule has 2 nitrogen and oxygen atoms in total. The van der Waals surface area contributed by atoms with Crippen molar-refractivity contribution in [3.8, 4) is 0 Å². The summed E-state index contributed by atoms with van der Waals surface area (Å²) in [5, 5.41) is 11.1. The topological polar surface area (TPSA) is 33.1 Å². The van der Waals surface area contributed by atoms with Gasteiger partial charge >= 0.3 is 0 Å². The number of thiazole rings is 1. The van der Waals surface area contributed by atoms with Crippen molar-refractivity contribution in [2.75, 3.05) is 0 Å². The van der Waals surface area contributed by atoms with Gasteiger partial charge in [0.1, 0.15) is 0 Å². The van der Waals surface area contributed by atoms with Crippen LogP contribution in [0.4, 0.5) is 0 Å². The molecule has 0 aliphatic heterocycles. The van der Waals surface area contributed by atoms with Gasteiger partial charge in [-0.05, 0) is 38.7 Å². The minimum absolute atomic E-state index is 0.283. The van der Waals surface area contributed by atoms with Crippen molar-refractivity contribution in [2.45, 2.75) is 45.6 Å². The van der Waals surface area contributed by atoms with Crippen molar-refractivity contribution >= 4 is 11.3 Å². The molecule has 1 aromatic carbocycles. The third kappa shape index (κ3) is 2.72. The van der Waals surface area contributed by atoms with Crippen LogP contribution in [0.15, 0.2) is 18.2 Å². The Morgan fingerprint density at radius 3 is 2.68 bits per heavy atom. The first-order valence-electron chi connectivity index (χ1n) is 6.85. The van der Waals surface area contributed by atoms with E-state index in [1.54, 1.807) is 11.3 Å². The van der Waals surface area contributed by atoms with E-state index in [9.17, 15) is 5.11 Å². The summed E-state index contributed by atoms with van der Waals surface area (Å²) in [4.78, 5) is 5.82. The highest BCUT2D eigenvalue weighted by molar-refractivity contribution is 7.11. The van der Waals surface area contributed by atoms with Gasteiger partial charge in [0.05, 0.1) is 21.7 Å². The zero-order chi connectivity index (χ0) is 13.4. The molecule has 0 saturated heterocycles. The monoisotopic (exact) mass is 273 g/mol. The molecule has 19 heavy (non-hydrogen) atoms. The van der Waals surface area contributed by atoms with Crippen LogP contribution in [-0.2, 0) is 12.8 Å². The van der Waals surface area contributed by atoms with E-state index in [1.165, 1.54) is 16.7 Å². The van der Waals surface area contributed by atoms with Crippen molar-refractivity contribution in [3.05, 3.63) is 50.5 Å². The molecule has 1 N–H and O–H groups in total. The predicted octanol–water partition coefficient (Wildman–Crippen LogP) is 3.72. The summed E-state index contributed by atoms with van der Waals surface area (Å²) in [6, 6.07) is 6.65. The Kier molecular flexibility index (Phi) is 3.42. The molecular weight excluding hydrogens is 254 g/mol. The lowest BCUT2D eigenvalue weighted by Gasteiger charge is -2.14. The van der Waals surface area contributed by atoms with Gasteiger partial charge in [0.2, 0.25) is 0 Å². The molecule has 1 atom stereocenters. The second-order valence-corrected chi connectivity index (χ2v) is 6.61. The van der Waals surface area contributed by atoms with Crippen LogP contribution in [0.1, 0.15) is 51.2 Å². The zero-order valence-electron chi connectivity index (χ0n) is 11.4. The number of benzene rings is 1. The molecule has 0 amide bonds. The number of rotatable bonds is 2. The number of aromatic nitrogens is 1. The van der Waals surface area contributed by atoms with Gasteiger partial charge in [0.25, 0.3) is 0 Å². The van der Waals surface area contributed by atoms with Crippen LogP contribution in [0.3, 0.4) is 0 Å². The molecular formula is C16H19NOS. The van der Waals surface area contributed by atoms with Gasteiger partial charge in [0.15, 0.2) is 0 Å². The molecule has 0 bridgehead atoms. The van der Waals surface area contributed by atoms with E-state index in [-0.39, 0.29) is 6.10 Å². The number of nitrogens with zero attached hydrogens (tertiary/aromatic N) is 1. The molecule has 1 aliphatic carbocycles. The maximum atomic E-state index is 10.00. The third-order valence-electron chi connectivity index (χ3n) is 3.60. The average molecular weight is 273 g/mol. The van der Waals surface area contributed by atoms with E-state index in [1.807, 2.05) is 0 Å². The van der Waals surface area contributed by atoms with E-state index in [4.69, 9.17) is 4.98 Å². The molecule has 0 spiro atoms. The molecule has 0 saturated carbocycles. The van der Waals surface area contributed by atoms with Crippen LogP contribution in [0, 0.1) is 13.8 Å². The number of fused-ring (bicyclic) bond motifs is 1. The van der Waals surface area contributed by atoms with Crippen molar-refractivity contribution in [2.24, 2.45) is 0 Å². The van der Waals surface area contributed by atoms with Gasteiger partial charge in [-0.15, -0.1) is 11.3 Å². The second-order valence-electron chi connectivity index (χ2n) is 5.50. The lowest BCUT2D eigenvalue weighted by atomic mass is 10.0. The van der Waals surface area contributed by atoms with Crippen LogP contribution >= 0.6 is 11.3 Å². The van der Waals surface area contributed by atoms with Gasteiger partial charge in [-0.25, -0.2) is 4.98 Å². The van der Waals surface area contributed by atoms with E-state index < -0.39 is 0 Å². The number of aryl methyl sites for hydroxylation is 3. The number of hydrogen-bond donors (Lipinski definition) is 1. The Hall–Kier alpha value is -1.19. The van der Waals surface area contributed by atoms with Crippen LogP contribution in [0.25, 0.3) is 0 Å². The van der Waals surface area contributed by atoms with E-state index in [2.05, 4.69) is 32.0 Å². The van der Waals surface area contributed by atoms with Gasteiger partial charge < -0.3 is 5.11 Å². The van der Waals surface area contributed by atoms with Gasteiger partial charge in [-0.3, -0.25) is 0 Å². The molecule has 2 aromatic rings. The fraction of sp³-hybridized carbons (Fsp3) is 0.438. The van der Waals surface area contributed by atoms with Crippen LogP contribution in [0.2, 0.25) is 0 Å². The van der Waals surface area contributed by atoms with Crippen molar-refractivity contribution < 1.29 is 5.11 Å². The highest BCUT2D eigenvalue weighted by Crippen LogP contribution is 2.34. The fourth-order valence-corrected chi connectivity index (χ4v) is 4.04. The fourth-order valence-electron chi connectivity index (χ4n) is 2.87. The maximum absolute atomic E-state index is 10.00. The van der Waals surface area contributed by atoms with Crippen LogP contribution in [0.5, 0.6) is 0 Å². The van der Waals surface area contributed by atoms with Crippen LogP contribution < -0.4 is 0 Å². The number of aliphatic hydroxyl groups excluding tert-OH is 1. The molecule has 3 heteroatoms. The highest BCUT2D eigenvalue weighted by Gasteiger charge is 2.22. The van der Waals surface area contributed by atoms with E-state index in [0.29, 0.717) is 0 Å². The Balaban J connectivity index is 1.87. The molecule has 3 rings (SSSR count). The molecule has 0 radical (unpaired) electrons. The first kappa shape index (κ1) is 12.8. The predicted molar refractivity (Wildman–Crippen MR) is 78.7 cm³/mol. The Labute approximate surface area is 118 Å². The van der Waals surface area contributed by atoms with Crippen molar-refractivity contribution in [1.82, 2.24) is 4.98 Å². The Morgan fingerprint density at radius 1 is 1.26 bits per heavy atom. The number of aliphatic hydroxyl groups is 1. The smallest absolute Gasteiger partial charge is 0.0975 e. The summed E-state index contributed by atoms with van der Waals surface area (Å²) in [6.07, 6.45) is 3.57. The minimum atomic E-state index is -0.283. The standard InChI is InChI=1S/C16H19NOS/c1-10-6-11(2)8-12(7-10)9-15-17-13-4-3-5-14(18)16(13)19-15/h6-8,14,18H,3-5,9H2,1-2H3. The van der Waals surface area contributed by atoms with Gasteiger partial charge in [-0.2, -0.15) is 0 Å². The quantitative estimate of drug-likeness (QED) is 0.904. The minimum Gasteiger partial charge on any atom is -0.388 e. The zero-order valence-corrected chi connectivity index (χ0v) is 12.3. The maximum Gasteiger partial charge on any atom is 0.0975 e. The van der Waals surface area contributed by atoms with E-state index >= 15 is 0 Å². The summed E-state index contributed by atoms with van der Waals surface area (Å²) in [5.41, 5.74) is 5.05. The van der Waals surface area contributed by atoms with E-state index in [0.717, 1.165) is 41.3 Å². The number of hydrogen-bond acceptors (Lipinski definition) is 3. The molecule has 100 valence electrons. The first-order chi connectivity index (χ1) is 9.11. The lowest BCUT2D eigenvalue weighted by molar-refractivity contribution is 0.160. The largest absolute Gasteiger partial charge is 0.388 e. The summed E-state index contributed by atoms with van der Waals surface area (Å²) < 4.78 is 0. The Bertz CT molecular complexity index is 583. The highest BCUT2D eigenvalue weighted by atomic mass is 32.1. The van der Waals surface area contributed by atoms with Crippen LogP contribution in [-0.4, -0.2) is 10.1 Å². The van der Waals surface area contributed by atoms with Crippen molar-refractivity contribution in [3.63, 3.8) is 0 Å². The molecule has 1 heterocycles. The summed E-state index contributed by atoms with van der Waals surface area (Å²) in [7, 11) is 0. The van der Waals surface area contributed by atoms with Gasteiger partial charge in [0, 0.05) is 6.42 Å². The molecule has 1 aliphatic rings.